The highest BCUT2D eigenvalue weighted by atomic mass is 32.1. The molecule has 0 saturated carbocycles. The highest BCUT2D eigenvalue weighted by molar-refractivity contribution is 7.13. The molecule has 0 bridgehead atoms. The van der Waals surface area contributed by atoms with E-state index in [2.05, 4.69) is 30.7 Å². The van der Waals surface area contributed by atoms with Gasteiger partial charge in [0.25, 0.3) is 5.91 Å². The van der Waals surface area contributed by atoms with Crippen LogP contribution in [0.4, 0.5) is 0 Å². The lowest BCUT2D eigenvalue weighted by atomic mass is 9.78. The number of piperidine rings is 1. The molecular formula is C20H28N4OS. The Morgan fingerprint density at radius 1 is 1.31 bits per heavy atom. The number of aromatic nitrogens is 2. The summed E-state index contributed by atoms with van der Waals surface area (Å²) in [6, 6.07) is 4.00. The number of likely N-dealkylation sites (tertiary alicyclic amines) is 1. The fraction of sp³-hybridized carbons (Fsp3) is 0.600. The number of aryl methyl sites for hydroxylation is 1. The fourth-order valence-corrected chi connectivity index (χ4v) is 5.40. The lowest BCUT2D eigenvalue weighted by Gasteiger charge is -2.51. The van der Waals surface area contributed by atoms with Gasteiger partial charge in [0.05, 0.1) is 22.4 Å². The Morgan fingerprint density at radius 3 is 2.73 bits per heavy atom. The number of fused-ring (bicyclic) bond motifs is 2. The second-order valence-electron chi connectivity index (χ2n) is 8.05. The number of carbonyl (C=O) groups is 1. The number of imidazole rings is 1. The summed E-state index contributed by atoms with van der Waals surface area (Å²) in [6.45, 7) is 10.4. The van der Waals surface area contributed by atoms with Crippen molar-refractivity contribution in [3.63, 3.8) is 0 Å². The van der Waals surface area contributed by atoms with E-state index in [0.717, 1.165) is 50.3 Å². The number of hydrogen-bond acceptors (Lipinski definition) is 4. The monoisotopic (exact) mass is 372 g/mol. The van der Waals surface area contributed by atoms with E-state index in [9.17, 15) is 4.79 Å². The van der Waals surface area contributed by atoms with Crippen LogP contribution in [0.3, 0.4) is 0 Å². The van der Waals surface area contributed by atoms with Gasteiger partial charge in [0.15, 0.2) is 0 Å². The van der Waals surface area contributed by atoms with Crippen molar-refractivity contribution in [1.29, 1.82) is 0 Å². The zero-order valence-corrected chi connectivity index (χ0v) is 16.7. The number of amides is 1. The minimum absolute atomic E-state index is 0.0139. The van der Waals surface area contributed by atoms with Crippen molar-refractivity contribution < 1.29 is 4.79 Å². The molecule has 1 fully saturated rings. The number of nitrogens with zero attached hydrogens (tertiary/aromatic N) is 3. The van der Waals surface area contributed by atoms with Crippen LogP contribution in [0, 0.1) is 12.8 Å². The molecule has 1 spiro atoms. The summed E-state index contributed by atoms with van der Waals surface area (Å²) in [6.07, 6.45) is 4.82. The smallest absolute Gasteiger partial charge is 0.263 e. The molecule has 2 aliphatic rings. The minimum atomic E-state index is -0.0139. The van der Waals surface area contributed by atoms with Gasteiger partial charge in [0.2, 0.25) is 0 Å². The van der Waals surface area contributed by atoms with Crippen molar-refractivity contribution in [2.24, 2.45) is 5.92 Å². The molecule has 1 amide bonds. The molecule has 4 rings (SSSR count). The van der Waals surface area contributed by atoms with E-state index < -0.39 is 0 Å². The maximum atomic E-state index is 12.8. The van der Waals surface area contributed by atoms with E-state index in [1.165, 1.54) is 16.3 Å². The molecule has 0 aromatic carbocycles. The average Bonchev–Trinajstić information content (AvgIpc) is 3.27. The van der Waals surface area contributed by atoms with Crippen molar-refractivity contribution >= 4 is 17.2 Å². The Balaban J connectivity index is 1.56. The van der Waals surface area contributed by atoms with Crippen LogP contribution in [0.5, 0.6) is 0 Å². The molecule has 5 nitrogen and oxygen atoms in total. The third-order valence-corrected chi connectivity index (χ3v) is 6.80. The first-order valence-corrected chi connectivity index (χ1v) is 10.4. The van der Waals surface area contributed by atoms with Crippen LogP contribution in [0.25, 0.3) is 0 Å². The number of aromatic amines is 1. The van der Waals surface area contributed by atoms with Gasteiger partial charge in [-0.3, -0.25) is 9.69 Å². The number of carbonyl (C=O) groups excluding carboxylic acids is 1. The van der Waals surface area contributed by atoms with Crippen LogP contribution in [0.2, 0.25) is 0 Å². The molecule has 0 atom stereocenters. The Hall–Kier alpha value is -1.66. The van der Waals surface area contributed by atoms with Crippen LogP contribution in [0.1, 0.15) is 52.6 Å². The minimum Gasteiger partial charge on any atom is -0.348 e. The third kappa shape index (κ3) is 2.99. The summed E-state index contributed by atoms with van der Waals surface area (Å²) in [5.41, 5.74) is 2.50. The summed E-state index contributed by atoms with van der Waals surface area (Å²) in [7, 11) is 0. The van der Waals surface area contributed by atoms with E-state index in [1.807, 2.05) is 23.4 Å². The first-order chi connectivity index (χ1) is 12.5. The first kappa shape index (κ1) is 17.7. The van der Waals surface area contributed by atoms with Crippen LogP contribution in [0.15, 0.2) is 18.5 Å². The van der Waals surface area contributed by atoms with Crippen molar-refractivity contribution in [3.05, 3.63) is 39.6 Å². The Morgan fingerprint density at radius 2 is 2.08 bits per heavy atom. The molecule has 0 unspecified atom stereocenters. The predicted molar refractivity (Wildman–Crippen MR) is 105 cm³/mol. The number of nitrogens with one attached hydrogen (secondary N) is 1. The number of thiophene rings is 1. The van der Waals surface area contributed by atoms with Crippen molar-refractivity contribution in [2.45, 2.75) is 45.6 Å². The number of H-pyrrole nitrogens is 1. The van der Waals surface area contributed by atoms with Crippen LogP contribution in [-0.2, 0) is 12.0 Å². The molecular weight excluding hydrogens is 344 g/mol. The molecule has 4 heterocycles. The normalized spacial score (nSPS) is 19.9. The summed E-state index contributed by atoms with van der Waals surface area (Å²) in [5, 5.41) is 0. The quantitative estimate of drug-likeness (QED) is 0.898. The predicted octanol–water partition coefficient (Wildman–Crippen LogP) is 3.43. The van der Waals surface area contributed by atoms with Crippen LogP contribution in [-0.4, -0.2) is 51.9 Å². The second kappa shape index (κ2) is 6.82. The molecule has 2 aromatic rings. The number of hydrogen-bond donors (Lipinski definition) is 1. The van der Waals surface area contributed by atoms with Gasteiger partial charge < -0.3 is 9.88 Å². The van der Waals surface area contributed by atoms with Gasteiger partial charge in [0, 0.05) is 43.2 Å². The molecule has 1 N–H and O–H groups in total. The fourth-order valence-electron chi connectivity index (χ4n) is 4.57. The van der Waals surface area contributed by atoms with Crippen molar-refractivity contribution in [2.75, 3.05) is 26.2 Å². The van der Waals surface area contributed by atoms with E-state index in [4.69, 9.17) is 4.98 Å². The van der Waals surface area contributed by atoms with Gasteiger partial charge in [-0.25, -0.2) is 4.98 Å². The molecule has 140 valence electrons. The molecule has 2 aliphatic heterocycles. The van der Waals surface area contributed by atoms with Gasteiger partial charge in [-0.1, -0.05) is 13.8 Å². The van der Waals surface area contributed by atoms with Crippen LogP contribution >= 0.6 is 11.3 Å². The summed E-state index contributed by atoms with van der Waals surface area (Å²) in [5.74, 6) is 0.813. The Bertz CT molecular complexity index is 785. The molecule has 0 aliphatic carbocycles. The van der Waals surface area contributed by atoms with Crippen molar-refractivity contribution in [3.8, 4) is 0 Å². The Labute approximate surface area is 159 Å². The second-order valence-corrected chi connectivity index (χ2v) is 9.34. The zero-order valence-electron chi connectivity index (χ0n) is 15.9. The summed E-state index contributed by atoms with van der Waals surface area (Å²) >= 11 is 1.60. The van der Waals surface area contributed by atoms with Crippen LogP contribution < -0.4 is 0 Å². The molecule has 0 radical (unpaired) electrons. The maximum Gasteiger partial charge on any atom is 0.263 e. The highest BCUT2D eigenvalue weighted by Crippen LogP contribution is 2.42. The molecule has 26 heavy (non-hydrogen) atoms. The zero-order chi connectivity index (χ0) is 18.3. The lowest BCUT2D eigenvalue weighted by Crippen LogP contribution is -2.57. The summed E-state index contributed by atoms with van der Waals surface area (Å²) < 4.78 is 0. The van der Waals surface area contributed by atoms with E-state index in [-0.39, 0.29) is 11.4 Å². The standard InChI is InChI=1S/C20H28N4OS/c1-14(2)12-24-9-6-16-18(22-13-21-16)20(24)7-10-23(11-8-20)19(25)17-5-4-15(3)26-17/h4-5,13-14H,6-12H2,1-3H3,(H,21,22). The van der Waals surface area contributed by atoms with Gasteiger partial charge in [-0.15, -0.1) is 11.3 Å². The Kier molecular flexibility index (Phi) is 4.65. The van der Waals surface area contributed by atoms with Crippen molar-refractivity contribution in [1.82, 2.24) is 19.8 Å². The van der Waals surface area contributed by atoms with E-state index in [1.54, 1.807) is 11.3 Å². The molecule has 6 heteroatoms. The van der Waals surface area contributed by atoms with Gasteiger partial charge >= 0.3 is 0 Å². The molecule has 1 saturated heterocycles. The largest absolute Gasteiger partial charge is 0.348 e. The van der Waals surface area contributed by atoms with E-state index in [0.29, 0.717) is 5.92 Å². The lowest BCUT2D eigenvalue weighted by molar-refractivity contribution is 0.000756. The summed E-state index contributed by atoms with van der Waals surface area (Å²) in [4.78, 5) is 27.6. The topological polar surface area (TPSA) is 52.2 Å². The SMILES string of the molecule is Cc1ccc(C(=O)N2CCC3(CC2)c2nc[nH]c2CCN3CC(C)C)s1. The average molecular weight is 373 g/mol. The van der Waals surface area contributed by atoms with Gasteiger partial charge in [0.1, 0.15) is 0 Å². The highest BCUT2D eigenvalue weighted by Gasteiger charge is 2.47. The van der Waals surface area contributed by atoms with Gasteiger partial charge in [-0.05, 0) is 37.8 Å². The molecule has 2 aromatic heterocycles. The third-order valence-electron chi connectivity index (χ3n) is 5.81. The number of rotatable bonds is 3. The maximum absolute atomic E-state index is 12.8. The van der Waals surface area contributed by atoms with Gasteiger partial charge in [-0.2, -0.15) is 0 Å². The van der Waals surface area contributed by atoms with E-state index >= 15 is 0 Å². The first-order valence-electron chi connectivity index (χ1n) is 9.63.